The van der Waals surface area contributed by atoms with Gasteiger partial charge in [0, 0.05) is 19.1 Å². The first-order valence-electron chi connectivity index (χ1n) is 6.76. The van der Waals surface area contributed by atoms with Gasteiger partial charge in [0.05, 0.1) is 0 Å². The lowest BCUT2D eigenvalue weighted by Crippen LogP contribution is -2.54. The van der Waals surface area contributed by atoms with E-state index in [2.05, 4.69) is 70.0 Å². The molecule has 1 aliphatic rings. The highest BCUT2D eigenvalue weighted by Gasteiger charge is 2.34. The Morgan fingerprint density at radius 3 is 2.74 bits per heavy atom. The van der Waals surface area contributed by atoms with E-state index in [1.54, 1.807) is 0 Å². The summed E-state index contributed by atoms with van der Waals surface area (Å²) in [4.78, 5) is 0. The lowest BCUT2D eigenvalue weighted by atomic mass is 10.2. The summed E-state index contributed by atoms with van der Waals surface area (Å²) < 4.78 is 7.13. The van der Waals surface area contributed by atoms with Crippen molar-refractivity contribution >= 4 is 5.52 Å². The van der Waals surface area contributed by atoms with Crippen LogP contribution in [0.2, 0.25) is 0 Å². The Kier molecular flexibility index (Phi) is 2.07. The van der Waals surface area contributed by atoms with E-state index in [1.165, 1.54) is 28.4 Å². The molecule has 0 atom stereocenters. The molecule has 0 aromatic carbocycles. The Hall–Kier alpha value is -2.16. The third kappa shape index (κ3) is 1.38. The number of hydrogen-bond donors (Lipinski definition) is 0. The number of fused-ring (bicyclic) bond motifs is 5. The molecule has 0 unspecified atom stereocenters. The number of rotatable bonds is 0. The van der Waals surface area contributed by atoms with Crippen LogP contribution >= 0.6 is 0 Å². The summed E-state index contributed by atoms with van der Waals surface area (Å²) in [5, 5.41) is 0. The summed E-state index contributed by atoms with van der Waals surface area (Å²) in [5.74, 6) is 1.29. The van der Waals surface area contributed by atoms with Gasteiger partial charge in [0.25, 0.3) is 5.69 Å². The summed E-state index contributed by atoms with van der Waals surface area (Å²) in [7, 11) is 0. The highest BCUT2D eigenvalue weighted by Crippen LogP contribution is 2.19. The van der Waals surface area contributed by atoms with E-state index in [-0.39, 0.29) is 0 Å². The number of aromatic nitrogens is 3. The molecule has 1 aliphatic heterocycles. The van der Waals surface area contributed by atoms with Gasteiger partial charge in [0.15, 0.2) is 17.8 Å². The van der Waals surface area contributed by atoms with Gasteiger partial charge in [-0.25, -0.2) is 4.57 Å². The van der Waals surface area contributed by atoms with Crippen LogP contribution in [0.3, 0.4) is 0 Å². The van der Waals surface area contributed by atoms with Crippen LogP contribution in [0.4, 0.5) is 0 Å². The minimum atomic E-state index is 1.04. The fraction of sp³-hybridized carbons (Fsp3) is 0.250. The summed E-state index contributed by atoms with van der Waals surface area (Å²) in [5.41, 5.74) is 5.18. The van der Waals surface area contributed by atoms with Crippen LogP contribution in [-0.2, 0) is 13.1 Å². The van der Waals surface area contributed by atoms with Crippen molar-refractivity contribution in [1.82, 2.24) is 4.40 Å². The molecule has 4 rings (SSSR count). The maximum Gasteiger partial charge on any atom is 0.360 e. The molecular weight excluding hydrogens is 234 g/mol. The van der Waals surface area contributed by atoms with Crippen LogP contribution in [0.15, 0.2) is 42.6 Å². The van der Waals surface area contributed by atoms with Crippen molar-refractivity contribution < 1.29 is 9.13 Å². The molecule has 0 saturated carbocycles. The third-order valence-electron chi connectivity index (χ3n) is 4.09. The van der Waals surface area contributed by atoms with Crippen molar-refractivity contribution in [3.63, 3.8) is 0 Å². The monoisotopic (exact) mass is 251 g/mol. The van der Waals surface area contributed by atoms with Crippen molar-refractivity contribution in [1.29, 1.82) is 0 Å². The van der Waals surface area contributed by atoms with E-state index in [0.717, 1.165) is 13.1 Å². The Labute approximate surface area is 112 Å². The van der Waals surface area contributed by atoms with Crippen molar-refractivity contribution in [3.05, 3.63) is 54.0 Å². The second kappa shape index (κ2) is 3.67. The van der Waals surface area contributed by atoms with Gasteiger partial charge in [-0.2, -0.15) is 8.97 Å². The predicted molar refractivity (Wildman–Crippen MR) is 72.7 cm³/mol. The zero-order valence-corrected chi connectivity index (χ0v) is 11.3. The average molecular weight is 251 g/mol. The van der Waals surface area contributed by atoms with Crippen LogP contribution in [-0.4, -0.2) is 4.40 Å². The lowest BCUT2D eigenvalue weighted by molar-refractivity contribution is -0.797. The first-order chi connectivity index (χ1) is 9.25. The summed E-state index contributed by atoms with van der Waals surface area (Å²) >= 11 is 0. The van der Waals surface area contributed by atoms with Gasteiger partial charge >= 0.3 is 5.82 Å². The van der Waals surface area contributed by atoms with Crippen LogP contribution < -0.4 is 9.13 Å². The first-order valence-corrected chi connectivity index (χ1v) is 6.76. The Balaban J connectivity index is 2.16. The Morgan fingerprint density at radius 2 is 1.84 bits per heavy atom. The molecular formula is C16H17N3+2. The van der Waals surface area contributed by atoms with Gasteiger partial charge in [-0.1, -0.05) is 6.07 Å². The molecule has 0 bridgehead atoms. The van der Waals surface area contributed by atoms with Crippen molar-refractivity contribution in [2.45, 2.75) is 26.9 Å². The van der Waals surface area contributed by atoms with E-state index < -0.39 is 0 Å². The van der Waals surface area contributed by atoms with Crippen LogP contribution in [0.5, 0.6) is 0 Å². The molecule has 0 radical (unpaired) electrons. The second-order valence-corrected chi connectivity index (χ2v) is 5.28. The number of pyridine rings is 2. The molecule has 3 aromatic rings. The van der Waals surface area contributed by atoms with Crippen molar-refractivity contribution in [2.24, 2.45) is 0 Å². The van der Waals surface area contributed by atoms with E-state index >= 15 is 0 Å². The molecule has 3 heteroatoms. The molecule has 0 aliphatic carbocycles. The molecule has 19 heavy (non-hydrogen) atoms. The molecule has 94 valence electrons. The van der Waals surface area contributed by atoms with Crippen molar-refractivity contribution in [3.8, 4) is 11.5 Å². The molecule has 0 spiro atoms. The van der Waals surface area contributed by atoms with Crippen LogP contribution in [0, 0.1) is 13.8 Å². The van der Waals surface area contributed by atoms with Gasteiger partial charge in [0.2, 0.25) is 0 Å². The van der Waals surface area contributed by atoms with E-state index in [0.29, 0.717) is 0 Å². The fourth-order valence-electron chi connectivity index (χ4n) is 3.16. The number of nitrogens with zero attached hydrogens (tertiary/aromatic N) is 3. The SMILES string of the molecule is Cc1cccc2c[n+]3c(n12)-c1cccc(C)[n+]1CC3. The normalized spacial score (nSPS) is 13.4. The highest BCUT2D eigenvalue weighted by molar-refractivity contribution is 5.55. The van der Waals surface area contributed by atoms with Crippen LogP contribution in [0.25, 0.3) is 17.0 Å². The van der Waals surface area contributed by atoms with Gasteiger partial charge in [-0.05, 0) is 25.1 Å². The minimum absolute atomic E-state index is 1.04. The summed E-state index contributed by atoms with van der Waals surface area (Å²) in [6, 6.07) is 13.0. The largest absolute Gasteiger partial charge is 0.360 e. The zero-order chi connectivity index (χ0) is 13.0. The molecule has 3 aromatic heterocycles. The Bertz CT molecular complexity index is 799. The van der Waals surface area contributed by atoms with Crippen LogP contribution in [0.1, 0.15) is 11.4 Å². The average Bonchev–Trinajstić information content (AvgIpc) is 2.79. The Morgan fingerprint density at radius 1 is 1.00 bits per heavy atom. The molecule has 0 amide bonds. The molecule has 4 heterocycles. The number of hydrogen-bond acceptors (Lipinski definition) is 0. The maximum atomic E-state index is 2.41. The van der Waals surface area contributed by atoms with E-state index in [9.17, 15) is 0 Å². The topological polar surface area (TPSA) is 12.2 Å². The minimum Gasteiger partial charge on any atom is -0.217 e. The van der Waals surface area contributed by atoms with E-state index in [1.807, 2.05) is 0 Å². The fourth-order valence-corrected chi connectivity index (χ4v) is 3.16. The molecule has 0 saturated heterocycles. The summed E-state index contributed by atoms with van der Waals surface area (Å²) in [6.07, 6.45) is 2.26. The standard InChI is InChI=1S/C16H17N3/c1-12-5-4-8-15-16-17(9-10-18(12)15)11-14-7-3-6-13(2)19(14)16/h3-8,11H,9-10H2,1-2H3/q+2. The summed E-state index contributed by atoms with van der Waals surface area (Å²) in [6.45, 7) is 6.44. The van der Waals surface area contributed by atoms with Gasteiger partial charge < -0.3 is 0 Å². The number of imidazole rings is 1. The first kappa shape index (κ1) is 10.7. The maximum absolute atomic E-state index is 2.41. The number of aryl methyl sites for hydroxylation is 3. The van der Waals surface area contributed by atoms with Gasteiger partial charge in [-0.15, -0.1) is 0 Å². The smallest absolute Gasteiger partial charge is 0.217 e. The zero-order valence-electron chi connectivity index (χ0n) is 11.3. The van der Waals surface area contributed by atoms with Gasteiger partial charge in [-0.3, -0.25) is 0 Å². The molecule has 0 fully saturated rings. The highest BCUT2D eigenvalue weighted by atomic mass is 15.2. The second-order valence-electron chi connectivity index (χ2n) is 5.28. The third-order valence-corrected chi connectivity index (χ3v) is 4.09. The van der Waals surface area contributed by atoms with Gasteiger partial charge in [0.1, 0.15) is 18.4 Å². The quantitative estimate of drug-likeness (QED) is 0.540. The van der Waals surface area contributed by atoms with Crippen molar-refractivity contribution in [2.75, 3.05) is 0 Å². The van der Waals surface area contributed by atoms with E-state index in [4.69, 9.17) is 0 Å². The lowest BCUT2D eigenvalue weighted by Gasteiger charge is -2.10. The predicted octanol–water partition coefficient (Wildman–Crippen LogP) is 1.81. The molecule has 3 nitrogen and oxygen atoms in total. The molecule has 0 N–H and O–H groups in total.